The average Bonchev–Trinajstić information content (AvgIpc) is 2.89. The van der Waals surface area contributed by atoms with Crippen LogP contribution in [0.2, 0.25) is 5.02 Å². The maximum Gasteiger partial charge on any atom is 0.146 e. The molecule has 4 heteroatoms. The molecule has 1 aromatic heterocycles. The van der Waals surface area contributed by atoms with E-state index in [-0.39, 0.29) is 16.3 Å². The van der Waals surface area contributed by atoms with Gasteiger partial charge in [-0.05, 0) is 17.5 Å². The van der Waals surface area contributed by atoms with Crippen molar-refractivity contribution in [1.82, 2.24) is 5.32 Å². The zero-order chi connectivity index (χ0) is 13.9. The lowest BCUT2D eigenvalue weighted by Crippen LogP contribution is -2.32. The van der Waals surface area contributed by atoms with Gasteiger partial charge >= 0.3 is 0 Å². The van der Waals surface area contributed by atoms with Crippen molar-refractivity contribution >= 4 is 22.9 Å². The molecule has 2 aromatic rings. The van der Waals surface area contributed by atoms with Crippen LogP contribution in [-0.2, 0) is 12.0 Å². The Morgan fingerprint density at radius 3 is 2.74 bits per heavy atom. The quantitative estimate of drug-likeness (QED) is 0.850. The summed E-state index contributed by atoms with van der Waals surface area (Å²) in [5.74, 6) is -0.328. The summed E-state index contributed by atoms with van der Waals surface area (Å²) in [6, 6.07) is 9.28. The molecule has 102 valence electrons. The third-order valence-corrected chi connectivity index (χ3v) is 4.63. The third kappa shape index (κ3) is 3.56. The highest BCUT2D eigenvalue weighted by atomic mass is 35.5. The van der Waals surface area contributed by atoms with Gasteiger partial charge in [0.1, 0.15) is 5.82 Å². The smallest absolute Gasteiger partial charge is 0.146 e. The molecule has 0 aliphatic rings. The van der Waals surface area contributed by atoms with E-state index in [1.807, 2.05) is 0 Å². The molecule has 0 aliphatic heterocycles. The first-order chi connectivity index (χ1) is 9.00. The molecule has 0 amide bonds. The van der Waals surface area contributed by atoms with Crippen molar-refractivity contribution in [3.05, 3.63) is 57.0 Å². The molecule has 1 aromatic carbocycles. The molecular weight excluding hydrogens is 281 g/mol. The van der Waals surface area contributed by atoms with E-state index in [1.165, 1.54) is 4.88 Å². The zero-order valence-corrected chi connectivity index (χ0v) is 12.6. The Morgan fingerprint density at radius 2 is 2.05 bits per heavy atom. The number of nitrogens with one attached hydrogen (secondary N) is 1. The van der Waals surface area contributed by atoms with Gasteiger partial charge in [-0.3, -0.25) is 0 Å². The van der Waals surface area contributed by atoms with Crippen LogP contribution in [0.25, 0.3) is 0 Å². The van der Waals surface area contributed by atoms with Crippen molar-refractivity contribution in [3.8, 4) is 0 Å². The molecule has 0 radical (unpaired) electrons. The van der Waals surface area contributed by atoms with Crippen molar-refractivity contribution in [2.45, 2.75) is 25.8 Å². The molecule has 0 saturated heterocycles. The van der Waals surface area contributed by atoms with E-state index in [9.17, 15) is 4.39 Å². The van der Waals surface area contributed by atoms with E-state index in [0.29, 0.717) is 12.1 Å². The van der Waals surface area contributed by atoms with Crippen LogP contribution in [0.5, 0.6) is 0 Å². The van der Waals surface area contributed by atoms with Crippen LogP contribution in [0.15, 0.2) is 35.7 Å². The lowest BCUT2D eigenvalue weighted by atomic mass is 9.91. The Morgan fingerprint density at radius 1 is 1.26 bits per heavy atom. The summed E-state index contributed by atoms with van der Waals surface area (Å²) >= 11 is 7.51. The second-order valence-electron chi connectivity index (χ2n) is 5.18. The summed E-state index contributed by atoms with van der Waals surface area (Å²) in [6.45, 7) is 5.64. The highest BCUT2D eigenvalue weighted by Gasteiger charge is 2.21. The Kier molecular flexibility index (Phi) is 4.61. The Bertz CT molecular complexity index is 537. The normalized spacial score (nSPS) is 11.8. The molecule has 0 spiro atoms. The zero-order valence-electron chi connectivity index (χ0n) is 11.0. The fourth-order valence-corrected chi connectivity index (χ4v) is 2.99. The van der Waals surface area contributed by atoms with Crippen LogP contribution in [0.4, 0.5) is 4.39 Å². The Hall–Kier alpha value is -0.900. The minimum atomic E-state index is -0.328. The second-order valence-corrected chi connectivity index (χ2v) is 6.53. The maximum atomic E-state index is 13.7. The Labute approximate surface area is 122 Å². The molecule has 2 rings (SSSR count). The summed E-state index contributed by atoms with van der Waals surface area (Å²) in [6.07, 6.45) is 0. The molecule has 1 N–H and O–H groups in total. The molecule has 19 heavy (non-hydrogen) atoms. The lowest BCUT2D eigenvalue weighted by molar-refractivity contribution is 0.471. The third-order valence-electron chi connectivity index (χ3n) is 3.10. The molecule has 1 heterocycles. The van der Waals surface area contributed by atoms with Gasteiger partial charge in [0.25, 0.3) is 0 Å². The van der Waals surface area contributed by atoms with Crippen LogP contribution in [0, 0.1) is 5.82 Å². The highest BCUT2D eigenvalue weighted by molar-refractivity contribution is 7.10. The maximum absolute atomic E-state index is 13.7. The summed E-state index contributed by atoms with van der Waals surface area (Å²) in [7, 11) is 0. The number of hydrogen-bond donors (Lipinski definition) is 1. The second kappa shape index (κ2) is 6.04. The van der Waals surface area contributed by atoms with Crippen molar-refractivity contribution in [3.63, 3.8) is 0 Å². The number of halogens is 2. The number of rotatable bonds is 5. The standard InChI is InChI=1S/C15H17ClFNS/c1-15(2,13-7-4-8-19-13)10-18-9-11-5-3-6-12(16)14(11)17/h3-8,18H,9-10H2,1-2H3. The summed E-state index contributed by atoms with van der Waals surface area (Å²) in [4.78, 5) is 1.33. The topological polar surface area (TPSA) is 12.0 Å². The molecule has 0 bridgehead atoms. The average molecular weight is 298 g/mol. The molecule has 0 fully saturated rings. The first kappa shape index (κ1) is 14.5. The van der Waals surface area contributed by atoms with Gasteiger partial charge in [0.15, 0.2) is 0 Å². The van der Waals surface area contributed by atoms with E-state index in [1.54, 1.807) is 29.5 Å². The largest absolute Gasteiger partial charge is 0.312 e. The van der Waals surface area contributed by atoms with E-state index in [0.717, 1.165) is 6.54 Å². The van der Waals surface area contributed by atoms with Gasteiger partial charge < -0.3 is 5.32 Å². The van der Waals surface area contributed by atoms with Crippen molar-refractivity contribution in [2.24, 2.45) is 0 Å². The minimum Gasteiger partial charge on any atom is -0.312 e. The SMILES string of the molecule is CC(C)(CNCc1cccc(Cl)c1F)c1cccs1. The minimum absolute atomic E-state index is 0.0449. The number of benzene rings is 1. The van der Waals surface area contributed by atoms with Gasteiger partial charge in [-0.2, -0.15) is 0 Å². The molecule has 0 aliphatic carbocycles. The van der Waals surface area contributed by atoms with Crippen LogP contribution >= 0.6 is 22.9 Å². The van der Waals surface area contributed by atoms with E-state index in [4.69, 9.17) is 11.6 Å². The van der Waals surface area contributed by atoms with Crippen molar-refractivity contribution < 1.29 is 4.39 Å². The van der Waals surface area contributed by atoms with Gasteiger partial charge in [-0.15, -0.1) is 11.3 Å². The van der Waals surface area contributed by atoms with Crippen molar-refractivity contribution in [2.75, 3.05) is 6.54 Å². The van der Waals surface area contributed by atoms with Crippen LogP contribution in [0.3, 0.4) is 0 Å². The first-order valence-corrected chi connectivity index (χ1v) is 7.44. The van der Waals surface area contributed by atoms with Gasteiger partial charge in [0, 0.05) is 28.9 Å². The van der Waals surface area contributed by atoms with Gasteiger partial charge in [0.05, 0.1) is 5.02 Å². The van der Waals surface area contributed by atoms with E-state index in [2.05, 4.69) is 36.7 Å². The van der Waals surface area contributed by atoms with Gasteiger partial charge in [-0.25, -0.2) is 4.39 Å². The van der Waals surface area contributed by atoms with E-state index >= 15 is 0 Å². The molecule has 0 atom stereocenters. The molecular formula is C15H17ClFNS. The molecule has 0 saturated carbocycles. The first-order valence-electron chi connectivity index (χ1n) is 6.18. The Balaban J connectivity index is 1.95. The number of thiophene rings is 1. The van der Waals surface area contributed by atoms with Crippen LogP contribution in [0.1, 0.15) is 24.3 Å². The molecule has 1 nitrogen and oxygen atoms in total. The lowest BCUT2D eigenvalue weighted by Gasteiger charge is -2.23. The highest BCUT2D eigenvalue weighted by Crippen LogP contribution is 2.26. The van der Waals surface area contributed by atoms with Crippen LogP contribution in [-0.4, -0.2) is 6.54 Å². The van der Waals surface area contributed by atoms with E-state index < -0.39 is 0 Å². The molecule has 0 unspecified atom stereocenters. The predicted molar refractivity (Wildman–Crippen MR) is 80.5 cm³/mol. The monoisotopic (exact) mass is 297 g/mol. The van der Waals surface area contributed by atoms with Gasteiger partial charge in [-0.1, -0.05) is 43.6 Å². The summed E-state index contributed by atoms with van der Waals surface area (Å²) in [5.41, 5.74) is 0.651. The summed E-state index contributed by atoms with van der Waals surface area (Å²) in [5, 5.41) is 5.56. The fourth-order valence-electron chi connectivity index (χ4n) is 1.95. The number of hydrogen-bond acceptors (Lipinski definition) is 2. The fraction of sp³-hybridized carbons (Fsp3) is 0.333. The van der Waals surface area contributed by atoms with Gasteiger partial charge in [0.2, 0.25) is 0 Å². The predicted octanol–water partition coefficient (Wildman–Crippen LogP) is 4.61. The van der Waals surface area contributed by atoms with Crippen LogP contribution < -0.4 is 5.32 Å². The van der Waals surface area contributed by atoms with Crippen molar-refractivity contribution in [1.29, 1.82) is 0 Å². The summed E-state index contributed by atoms with van der Waals surface area (Å²) < 4.78 is 13.7.